The van der Waals surface area contributed by atoms with Crippen LogP contribution in [0.3, 0.4) is 0 Å². The maximum Gasteiger partial charge on any atom is 0.128 e. The quantitative estimate of drug-likeness (QED) is 0.772. The van der Waals surface area contributed by atoms with Crippen LogP contribution in [0.25, 0.3) is 0 Å². The molecule has 0 aliphatic carbocycles. The Morgan fingerprint density at radius 1 is 1.46 bits per heavy atom. The minimum absolute atomic E-state index is 0.206. The molecule has 0 unspecified atom stereocenters. The second-order valence-corrected chi connectivity index (χ2v) is 2.96. The van der Waals surface area contributed by atoms with Crippen molar-refractivity contribution in [1.82, 2.24) is 0 Å². The van der Waals surface area contributed by atoms with E-state index in [1.807, 2.05) is 0 Å². The number of aliphatic hydroxyl groups is 1. The molecule has 0 aliphatic heterocycles. The van der Waals surface area contributed by atoms with Crippen molar-refractivity contribution in [2.45, 2.75) is 19.6 Å². The first kappa shape index (κ1) is 10.2. The van der Waals surface area contributed by atoms with Crippen LogP contribution in [0.15, 0.2) is 24.3 Å². The zero-order chi connectivity index (χ0) is 9.68. The highest BCUT2D eigenvalue weighted by atomic mass is 19.1. The van der Waals surface area contributed by atoms with E-state index in [0.717, 1.165) is 0 Å². The van der Waals surface area contributed by atoms with Gasteiger partial charge in [-0.25, -0.2) is 4.39 Å². The molecule has 0 amide bonds. The zero-order valence-corrected chi connectivity index (χ0v) is 7.53. The third-order valence-electron chi connectivity index (χ3n) is 1.57. The number of hydrogen-bond donors (Lipinski definition) is 1. The van der Waals surface area contributed by atoms with Gasteiger partial charge in [0.2, 0.25) is 0 Å². The first-order valence-corrected chi connectivity index (χ1v) is 4.19. The predicted octanol–water partition coefficient (Wildman–Crippen LogP) is 1.72. The van der Waals surface area contributed by atoms with Crippen molar-refractivity contribution >= 4 is 0 Å². The van der Waals surface area contributed by atoms with Crippen LogP contribution in [0.4, 0.5) is 4.39 Å². The topological polar surface area (TPSA) is 29.5 Å². The summed E-state index contributed by atoms with van der Waals surface area (Å²) < 4.78 is 18.0. The molecule has 13 heavy (non-hydrogen) atoms. The smallest absolute Gasteiger partial charge is 0.128 e. The fourth-order valence-corrected chi connectivity index (χ4v) is 0.955. The van der Waals surface area contributed by atoms with Crippen LogP contribution in [-0.4, -0.2) is 17.8 Å². The summed E-state index contributed by atoms with van der Waals surface area (Å²) in [6.45, 7) is 2.06. The van der Waals surface area contributed by atoms with Crippen LogP contribution < -0.4 is 0 Å². The van der Waals surface area contributed by atoms with E-state index >= 15 is 0 Å². The van der Waals surface area contributed by atoms with E-state index in [0.29, 0.717) is 5.56 Å². The van der Waals surface area contributed by atoms with Crippen molar-refractivity contribution in [1.29, 1.82) is 0 Å². The standard InChI is InChI=1S/C10H13FO2/c1-8(12)6-13-7-9-4-2-3-5-10(9)11/h2-5,8,12H,6-7H2,1H3/t8-/m1/s1. The molecule has 3 heteroatoms. The lowest BCUT2D eigenvalue weighted by Crippen LogP contribution is -2.10. The fraction of sp³-hybridized carbons (Fsp3) is 0.400. The lowest BCUT2D eigenvalue weighted by molar-refractivity contribution is 0.0365. The predicted molar refractivity (Wildman–Crippen MR) is 47.7 cm³/mol. The van der Waals surface area contributed by atoms with Gasteiger partial charge in [0.25, 0.3) is 0 Å². The van der Waals surface area contributed by atoms with Gasteiger partial charge in [-0.2, -0.15) is 0 Å². The minimum Gasteiger partial charge on any atom is -0.391 e. The van der Waals surface area contributed by atoms with Gasteiger partial charge in [-0.15, -0.1) is 0 Å². The number of rotatable bonds is 4. The van der Waals surface area contributed by atoms with Gasteiger partial charge in [0, 0.05) is 5.56 Å². The molecule has 0 spiro atoms. The molecule has 0 saturated heterocycles. The first-order valence-electron chi connectivity index (χ1n) is 4.19. The number of hydrogen-bond acceptors (Lipinski definition) is 2. The van der Waals surface area contributed by atoms with Gasteiger partial charge >= 0.3 is 0 Å². The SMILES string of the molecule is C[C@@H](O)COCc1ccccc1F. The van der Waals surface area contributed by atoms with Crippen LogP contribution in [0.5, 0.6) is 0 Å². The molecule has 0 radical (unpaired) electrons. The van der Waals surface area contributed by atoms with Gasteiger partial charge in [-0.05, 0) is 13.0 Å². The Morgan fingerprint density at radius 3 is 2.77 bits per heavy atom. The van der Waals surface area contributed by atoms with Crippen LogP contribution in [-0.2, 0) is 11.3 Å². The fourth-order valence-electron chi connectivity index (χ4n) is 0.955. The van der Waals surface area contributed by atoms with Crippen LogP contribution in [0, 0.1) is 5.82 Å². The molecule has 0 fully saturated rings. The number of aliphatic hydroxyl groups excluding tert-OH is 1. The van der Waals surface area contributed by atoms with Crippen molar-refractivity contribution in [3.05, 3.63) is 35.6 Å². The summed E-state index contributed by atoms with van der Waals surface area (Å²) in [5, 5.41) is 8.88. The summed E-state index contributed by atoms with van der Waals surface area (Å²) in [6.07, 6.45) is -0.508. The highest BCUT2D eigenvalue weighted by Crippen LogP contribution is 2.07. The maximum atomic E-state index is 13.0. The van der Waals surface area contributed by atoms with Gasteiger partial charge in [-0.1, -0.05) is 18.2 Å². The van der Waals surface area contributed by atoms with Crippen molar-refractivity contribution in [2.75, 3.05) is 6.61 Å². The zero-order valence-electron chi connectivity index (χ0n) is 7.53. The van der Waals surface area contributed by atoms with E-state index in [-0.39, 0.29) is 19.0 Å². The second kappa shape index (κ2) is 4.94. The van der Waals surface area contributed by atoms with Gasteiger partial charge in [0.1, 0.15) is 5.82 Å². The second-order valence-electron chi connectivity index (χ2n) is 2.96. The van der Waals surface area contributed by atoms with E-state index in [1.165, 1.54) is 6.07 Å². The average Bonchev–Trinajstić information content (AvgIpc) is 2.08. The van der Waals surface area contributed by atoms with Gasteiger partial charge in [0.05, 0.1) is 19.3 Å². The third-order valence-corrected chi connectivity index (χ3v) is 1.57. The Labute approximate surface area is 77.0 Å². The van der Waals surface area contributed by atoms with Crippen molar-refractivity contribution < 1.29 is 14.2 Å². The van der Waals surface area contributed by atoms with E-state index < -0.39 is 6.10 Å². The molecule has 72 valence electrons. The van der Waals surface area contributed by atoms with Gasteiger partial charge in [0.15, 0.2) is 0 Å². The Kier molecular flexibility index (Phi) is 3.86. The molecule has 1 rings (SSSR count). The molecular formula is C10H13FO2. The molecule has 0 aromatic heterocycles. The molecule has 0 saturated carbocycles. The van der Waals surface area contributed by atoms with Crippen molar-refractivity contribution in [3.63, 3.8) is 0 Å². The molecule has 1 aromatic carbocycles. The van der Waals surface area contributed by atoms with Crippen LogP contribution >= 0.6 is 0 Å². The average molecular weight is 184 g/mol. The molecule has 0 bridgehead atoms. The lowest BCUT2D eigenvalue weighted by Gasteiger charge is -2.06. The molecule has 1 N–H and O–H groups in total. The normalized spacial score (nSPS) is 12.8. The summed E-state index contributed by atoms with van der Waals surface area (Å²) in [7, 11) is 0. The number of ether oxygens (including phenoxy) is 1. The maximum absolute atomic E-state index is 13.0. The number of halogens is 1. The van der Waals surface area contributed by atoms with Crippen molar-refractivity contribution in [3.8, 4) is 0 Å². The van der Waals surface area contributed by atoms with E-state index in [4.69, 9.17) is 9.84 Å². The monoisotopic (exact) mass is 184 g/mol. The van der Waals surface area contributed by atoms with E-state index in [1.54, 1.807) is 25.1 Å². The molecule has 0 aliphatic rings. The summed E-state index contributed by atoms with van der Waals surface area (Å²) in [4.78, 5) is 0. The minimum atomic E-state index is -0.508. The summed E-state index contributed by atoms with van der Waals surface area (Å²) in [5.41, 5.74) is 0.517. The van der Waals surface area contributed by atoms with E-state index in [2.05, 4.69) is 0 Å². The molecule has 0 heterocycles. The Balaban J connectivity index is 2.41. The highest BCUT2D eigenvalue weighted by Gasteiger charge is 2.01. The summed E-state index contributed by atoms with van der Waals surface area (Å²) >= 11 is 0. The van der Waals surface area contributed by atoms with Crippen LogP contribution in [0.1, 0.15) is 12.5 Å². The Hall–Kier alpha value is -0.930. The third kappa shape index (κ3) is 3.53. The van der Waals surface area contributed by atoms with Gasteiger partial charge < -0.3 is 9.84 Å². The first-order chi connectivity index (χ1) is 6.20. The Bertz CT molecular complexity index is 261. The highest BCUT2D eigenvalue weighted by molar-refractivity contribution is 5.16. The van der Waals surface area contributed by atoms with Crippen LogP contribution in [0.2, 0.25) is 0 Å². The van der Waals surface area contributed by atoms with Gasteiger partial charge in [-0.3, -0.25) is 0 Å². The lowest BCUT2D eigenvalue weighted by atomic mass is 10.2. The van der Waals surface area contributed by atoms with Crippen molar-refractivity contribution in [2.24, 2.45) is 0 Å². The number of benzene rings is 1. The molecular weight excluding hydrogens is 171 g/mol. The van der Waals surface area contributed by atoms with E-state index in [9.17, 15) is 4.39 Å². The molecule has 1 atom stereocenters. The summed E-state index contributed by atoms with van der Waals surface area (Å²) in [5.74, 6) is -0.270. The summed E-state index contributed by atoms with van der Waals surface area (Å²) in [6, 6.07) is 6.44. The Morgan fingerprint density at radius 2 is 2.15 bits per heavy atom. The molecule has 2 nitrogen and oxygen atoms in total. The largest absolute Gasteiger partial charge is 0.391 e. The molecule has 1 aromatic rings.